The molecule has 1 N–H and O–H groups in total. The van der Waals surface area contributed by atoms with Gasteiger partial charge in [-0.25, -0.2) is 0 Å². The number of alkyl halides is 3. The molecule has 5 nitrogen and oxygen atoms in total. The smallest absolute Gasteiger partial charge is 0.419 e. The van der Waals surface area contributed by atoms with Gasteiger partial charge in [0.2, 0.25) is 0 Å². The van der Waals surface area contributed by atoms with Gasteiger partial charge in [-0.1, -0.05) is 0 Å². The lowest BCUT2D eigenvalue weighted by molar-refractivity contribution is -0.143. The van der Waals surface area contributed by atoms with E-state index in [9.17, 15) is 18.0 Å². The third kappa shape index (κ3) is 3.73. The number of nitrogens with zero attached hydrogens (tertiary/aromatic N) is 2. The average molecular weight is 265 g/mol. The molecule has 18 heavy (non-hydrogen) atoms. The van der Waals surface area contributed by atoms with Crippen molar-refractivity contribution in [3.8, 4) is 0 Å². The van der Waals surface area contributed by atoms with Crippen LogP contribution in [-0.4, -0.2) is 35.9 Å². The van der Waals surface area contributed by atoms with Gasteiger partial charge in [0.1, 0.15) is 6.04 Å². The second-order valence-electron chi connectivity index (χ2n) is 3.64. The summed E-state index contributed by atoms with van der Waals surface area (Å²) in [6.07, 6.45) is -2.44. The highest BCUT2D eigenvalue weighted by molar-refractivity contribution is 5.75. The van der Waals surface area contributed by atoms with Gasteiger partial charge in [-0.3, -0.25) is 9.48 Å². The standard InChI is InChI=1S/C10H14F3N3O2/c1-14-8(9(17)18-2)3-4-16-6-7(5-15-16)10(11,12)13/h5-6,8,14H,3-4H2,1-2H3. The maximum atomic E-state index is 12.3. The van der Waals surface area contributed by atoms with Crippen molar-refractivity contribution in [2.45, 2.75) is 25.2 Å². The Morgan fingerprint density at radius 2 is 2.28 bits per heavy atom. The number of rotatable bonds is 5. The van der Waals surface area contributed by atoms with E-state index in [1.165, 1.54) is 7.11 Å². The van der Waals surface area contributed by atoms with Crippen molar-refractivity contribution in [3.05, 3.63) is 18.0 Å². The lowest BCUT2D eigenvalue weighted by Gasteiger charge is -2.13. The molecule has 0 aliphatic rings. The van der Waals surface area contributed by atoms with Crippen LogP contribution in [0, 0.1) is 0 Å². The topological polar surface area (TPSA) is 56.2 Å². The van der Waals surface area contributed by atoms with Crippen molar-refractivity contribution in [2.75, 3.05) is 14.2 Å². The number of methoxy groups -OCH3 is 1. The van der Waals surface area contributed by atoms with Crippen LogP contribution >= 0.6 is 0 Å². The molecule has 1 aromatic heterocycles. The number of aromatic nitrogens is 2. The summed E-state index contributed by atoms with van der Waals surface area (Å²) in [5.74, 6) is -0.458. The third-order valence-corrected chi connectivity index (χ3v) is 2.44. The molecule has 0 aromatic carbocycles. The van der Waals surface area contributed by atoms with Crippen LogP contribution in [0.2, 0.25) is 0 Å². The molecule has 0 aliphatic carbocycles. The van der Waals surface area contributed by atoms with Gasteiger partial charge in [-0.2, -0.15) is 18.3 Å². The van der Waals surface area contributed by atoms with Gasteiger partial charge in [0.15, 0.2) is 0 Å². The molecule has 0 radical (unpaired) electrons. The van der Waals surface area contributed by atoms with Crippen LogP contribution in [-0.2, 0) is 22.3 Å². The molecule has 0 aliphatic heterocycles. The Balaban J connectivity index is 2.58. The van der Waals surface area contributed by atoms with Crippen molar-refractivity contribution in [2.24, 2.45) is 0 Å². The monoisotopic (exact) mass is 265 g/mol. The largest absolute Gasteiger partial charge is 0.468 e. The average Bonchev–Trinajstić information content (AvgIpc) is 2.78. The molecule has 0 bridgehead atoms. The number of hydrogen-bond donors (Lipinski definition) is 1. The lowest BCUT2D eigenvalue weighted by atomic mass is 10.2. The second kappa shape index (κ2) is 5.85. The summed E-state index contributed by atoms with van der Waals surface area (Å²) in [7, 11) is 2.83. The first-order chi connectivity index (χ1) is 8.38. The Hall–Kier alpha value is -1.57. The van der Waals surface area contributed by atoms with Crippen LogP contribution in [0.25, 0.3) is 0 Å². The number of ether oxygens (including phenoxy) is 1. The fraction of sp³-hybridized carbons (Fsp3) is 0.600. The van der Waals surface area contributed by atoms with Gasteiger partial charge in [0, 0.05) is 12.7 Å². The Morgan fingerprint density at radius 3 is 2.72 bits per heavy atom. The van der Waals surface area contributed by atoms with Crippen molar-refractivity contribution in [3.63, 3.8) is 0 Å². The number of carbonyl (C=O) groups excluding carboxylic acids is 1. The van der Waals surface area contributed by atoms with Crippen molar-refractivity contribution < 1.29 is 22.7 Å². The summed E-state index contributed by atoms with van der Waals surface area (Å²) < 4.78 is 42.6. The minimum absolute atomic E-state index is 0.191. The minimum atomic E-state index is -4.40. The van der Waals surface area contributed by atoms with E-state index in [-0.39, 0.29) is 6.54 Å². The van der Waals surface area contributed by atoms with Gasteiger partial charge < -0.3 is 10.1 Å². The summed E-state index contributed by atoms with van der Waals surface area (Å²) in [4.78, 5) is 11.2. The van der Waals surface area contributed by atoms with Crippen LogP contribution in [0.15, 0.2) is 12.4 Å². The van der Waals surface area contributed by atoms with Gasteiger partial charge in [-0.05, 0) is 13.5 Å². The Morgan fingerprint density at radius 1 is 1.61 bits per heavy atom. The number of hydrogen-bond acceptors (Lipinski definition) is 4. The highest BCUT2D eigenvalue weighted by atomic mass is 19.4. The molecule has 0 amide bonds. The maximum Gasteiger partial charge on any atom is 0.419 e. The summed E-state index contributed by atoms with van der Waals surface area (Å²) in [6.45, 7) is 0.191. The van der Waals surface area contributed by atoms with Crippen LogP contribution in [0.5, 0.6) is 0 Å². The first-order valence-corrected chi connectivity index (χ1v) is 5.23. The zero-order chi connectivity index (χ0) is 13.8. The zero-order valence-corrected chi connectivity index (χ0v) is 9.99. The summed E-state index contributed by atoms with van der Waals surface area (Å²) in [6, 6.07) is -0.562. The molecular formula is C10H14F3N3O2. The number of aryl methyl sites for hydroxylation is 1. The second-order valence-corrected chi connectivity index (χ2v) is 3.64. The van der Waals surface area contributed by atoms with E-state index < -0.39 is 23.8 Å². The molecule has 0 spiro atoms. The molecule has 0 fully saturated rings. The summed E-state index contributed by atoms with van der Waals surface area (Å²) in [5.41, 5.74) is -0.804. The summed E-state index contributed by atoms with van der Waals surface area (Å²) >= 11 is 0. The highest BCUT2D eigenvalue weighted by Crippen LogP contribution is 2.28. The molecule has 1 unspecified atom stereocenters. The predicted octanol–water partition coefficient (Wildman–Crippen LogP) is 1.05. The molecule has 1 atom stereocenters. The summed E-state index contributed by atoms with van der Waals surface area (Å²) in [5, 5.41) is 6.31. The molecule has 8 heteroatoms. The van der Waals surface area contributed by atoms with E-state index in [1.807, 2.05) is 0 Å². The van der Waals surface area contributed by atoms with Crippen LogP contribution in [0.1, 0.15) is 12.0 Å². The van der Waals surface area contributed by atoms with Crippen LogP contribution in [0.3, 0.4) is 0 Å². The number of halogens is 3. The Labute approximate surface area is 102 Å². The van der Waals surface area contributed by atoms with Crippen LogP contribution < -0.4 is 5.32 Å². The molecule has 1 heterocycles. The first-order valence-electron chi connectivity index (χ1n) is 5.23. The number of esters is 1. The zero-order valence-electron chi connectivity index (χ0n) is 9.99. The predicted molar refractivity (Wildman–Crippen MR) is 56.7 cm³/mol. The van der Waals surface area contributed by atoms with Crippen molar-refractivity contribution in [1.82, 2.24) is 15.1 Å². The Bertz CT molecular complexity index is 403. The molecule has 1 aromatic rings. The van der Waals surface area contributed by atoms with E-state index in [4.69, 9.17) is 0 Å². The SMILES string of the molecule is CNC(CCn1cc(C(F)(F)F)cn1)C(=O)OC. The van der Waals surface area contributed by atoms with E-state index in [0.29, 0.717) is 6.42 Å². The molecule has 1 rings (SSSR count). The van der Waals surface area contributed by atoms with Gasteiger partial charge in [0.25, 0.3) is 0 Å². The fourth-order valence-electron chi connectivity index (χ4n) is 1.42. The molecule has 0 saturated heterocycles. The quantitative estimate of drug-likeness (QED) is 0.809. The number of carbonyl (C=O) groups is 1. The number of likely N-dealkylation sites (N-methyl/N-ethyl adjacent to an activating group) is 1. The maximum absolute atomic E-state index is 12.3. The van der Waals surface area contributed by atoms with E-state index in [2.05, 4.69) is 15.2 Å². The van der Waals surface area contributed by atoms with E-state index in [1.54, 1.807) is 7.05 Å². The molecule has 0 saturated carbocycles. The minimum Gasteiger partial charge on any atom is -0.468 e. The first kappa shape index (κ1) is 14.5. The van der Waals surface area contributed by atoms with Crippen molar-refractivity contribution >= 4 is 5.97 Å². The fourth-order valence-corrected chi connectivity index (χ4v) is 1.42. The lowest BCUT2D eigenvalue weighted by Crippen LogP contribution is -2.35. The Kier molecular flexibility index (Phi) is 4.71. The van der Waals surface area contributed by atoms with Gasteiger partial charge in [0.05, 0.1) is 18.9 Å². The highest BCUT2D eigenvalue weighted by Gasteiger charge is 2.32. The van der Waals surface area contributed by atoms with E-state index >= 15 is 0 Å². The van der Waals surface area contributed by atoms with Crippen LogP contribution in [0.4, 0.5) is 13.2 Å². The molecular weight excluding hydrogens is 251 g/mol. The number of nitrogens with one attached hydrogen (secondary N) is 1. The van der Waals surface area contributed by atoms with Gasteiger partial charge >= 0.3 is 12.1 Å². The van der Waals surface area contributed by atoms with Gasteiger partial charge in [-0.15, -0.1) is 0 Å². The van der Waals surface area contributed by atoms with Crippen molar-refractivity contribution in [1.29, 1.82) is 0 Å². The normalized spacial score (nSPS) is 13.4. The third-order valence-electron chi connectivity index (χ3n) is 2.44. The molecule has 102 valence electrons. The van der Waals surface area contributed by atoms with E-state index in [0.717, 1.165) is 17.1 Å².